The maximum Gasteiger partial charge on any atom is 0.163 e. The van der Waals surface area contributed by atoms with Gasteiger partial charge < -0.3 is 10.6 Å². The van der Waals surface area contributed by atoms with E-state index in [4.69, 9.17) is 5.73 Å². The summed E-state index contributed by atoms with van der Waals surface area (Å²) in [6.07, 6.45) is 16.4. The van der Waals surface area contributed by atoms with Gasteiger partial charge in [0.25, 0.3) is 0 Å². The molecule has 1 saturated heterocycles. The number of nitrogens with two attached hydrogens (primary N) is 1. The van der Waals surface area contributed by atoms with Crippen LogP contribution in [-0.2, 0) is 4.79 Å². The molecule has 1 saturated carbocycles. The van der Waals surface area contributed by atoms with Crippen molar-refractivity contribution in [2.75, 3.05) is 26.2 Å². The van der Waals surface area contributed by atoms with Crippen LogP contribution in [-0.4, -0.2) is 36.9 Å². The maximum atomic E-state index is 13.1. The molecular formula is C21H28N2O. The van der Waals surface area contributed by atoms with Crippen LogP contribution in [0.2, 0.25) is 0 Å². The first-order chi connectivity index (χ1) is 11.7. The third kappa shape index (κ3) is 3.33. The monoisotopic (exact) mass is 324 g/mol. The van der Waals surface area contributed by atoms with Crippen LogP contribution in [0.25, 0.3) is 0 Å². The Kier molecular flexibility index (Phi) is 4.55. The Morgan fingerprint density at radius 1 is 1.25 bits per heavy atom. The minimum Gasteiger partial charge on any atom is -0.326 e. The van der Waals surface area contributed by atoms with E-state index >= 15 is 0 Å². The number of carbonyl (C=O) groups is 1. The summed E-state index contributed by atoms with van der Waals surface area (Å²) in [6.45, 7) is 3.85. The van der Waals surface area contributed by atoms with E-state index in [9.17, 15) is 4.79 Å². The molecular weight excluding hydrogens is 296 g/mol. The molecule has 3 heteroatoms. The van der Waals surface area contributed by atoms with Crippen molar-refractivity contribution in [1.82, 2.24) is 4.90 Å². The molecule has 4 rings (SSSR count). The smallest absolute Gasteiger partial charge is 0.163 e. The number of carbonyl (C=O) groups excluding carboxylic acids is 1. The summed E-state index contributed by atoms with van der Waals surface area (Å²) in [5, 5.41) is 0. The highest BCUT2D eigenvalue weighted by atomic mass is 16.1. The molecule has 1 heterocycles. The number of likely N-dealkylation sites (tertiary alicyclic amines) is 1. The van der Waals surface area contributed by atoms with E-state index in [-0.39, 0.29) is 5.92 Å². The Hall–Kier alpha value is -1.45. The van der Waals surface area contributed by atoms with Crippen molar-refractivity contribution < 1.29 is 4.79 Å². The van der Waals surface area contributed by atoms with Crippen LogP contribution >= 0.6 is 0 Å². The summed E-state index contributed by atoms with van der Waals surface area (Å²) < 4.78 is 0. The van der Waals surface area contributed by atoms with E-state index in [0.29, 0.717) is 18.2 Å². The van der Waals surface area contributed by atoms with Gasteiger partial charge in [0, 0.05) is 31.5 Å². The average molecular weight is 324 g/mol. The molecule has 4 aliphatic rings. The fourth-order valence-electron chi connectivity index (χ4n) is 4.41. The lowest BCUT2D eigenvalue weighted by Gasteiger charge is -2.33. The topological polar surface area (TPSA) is 46.3 Å². The predicted octanol–water partition coefficient (Wildman–Crippen LogP) is 3.01. The van der Waals surface area contributed by atoms with Gasteiger partial charge in [-0.3, -0.25) is 4.79 Å². The highest BCUT2D eigenvalue weighted by Crippen LogP contribution is 2.36. The Morgan fingerprint density at radius 2 is 2.12 bits per heavy atom. The molecule has 3 aliphatic carbocycles. The molecule has 0 aromatic carbocycles. The van der Waals surface area contributed by atoms with Crippen LogP contribution in [0.4, 0.5) is 0 Å². The lowest BCUT2D eigenvalue weighted by Crippen LogP contribution is -2.40. The summed E-state index contributed by atoms with van der Waals surface area (Å²) in [5.41, 5.74) is 9.40. The fraction of sp³-hybridized carbons (Fsp3) is 0.571. The van der Waals surface area contributed by atoms with Gasteiger partial charge in [-0.1, -0.05) is 30.4 Å². The first kappa shape index (κ1) is 16.0. The van der Waals surface area contributed by atoms with Crippen LogP contribution in [0.5, 0.6) is 0 Å². The second-order valence-electron chi connectivity index (χ2n) is 7.82. The molecule has 0 amide bonds. The Morgan fingerprint density at radius 3 is 2.92 bits per heavy atom. The van der Waals surface area contributed by atoms with Gasteiger partial charge in [-0.25, -0.2) is 0 Å². The number of hydrogen-bond donors (Lipinski definition) is 1. The molecule has 0 aromatic heterocycles. The zero-order chi connectivity index (χ0) is 16.5. The molecule has 2 atom stereocenters. The van der Waals surface area contributed by atoms with Crippen molar-refractivity contribution in [1.29, 1.82) is 0 Å². The van der Waals surface area contributed by atoms with Gasteiger partial charge in [-0.05, 0) is 61.3 Å². The maximum absolute atomic E-state index is 13.1. The van der Waals surface area contributed by atoms with Crippen LogP contribution in [0.1, 0.15) is 32.1 Å². The summed E-state index contributed by atoms with van der Waals surface area (Å²) in [4.78, 5) is 15.7. The lowest BCUT2D eigenvalue weighted by atomic mass is 9.77. The lowest BCUT2D eigenvalue weighted by molar-refractivity contribution is -0.121. The number of piperidine rings is 1. The van der Waals surface area contributed by atoms with Gasteiger partial charge in [-0.2, -0.15) is 0 Å². The molecule has 2 fully saturated rings. The first-order valence-electron chi connectivity index (χ1n) is 9.49. The Labute approximate surface area is 145 Å². The third-order valence-corrected chi connectivity index (χ3v) is 5.91. The number of fused-ring (bicyclic) bond motifs is 1. The van der Waals surface area contributed by atoms with E-state index in [1.54, 1.807) is 0 Å². The van der Waals surface area contributed by atoms with Crippen LogP contribution < -0.4 is 5.73 Å². The number of nitrogens with zero attached hydrogens (tertiary/aromatic N) is 1. The standard InChI is InChI=1S/C21H28N2O/c22-12-19-11-18(10-16-4-1-2-6-20(16)19)21(24)17-5-3-9-23(14-17)13-15-7-8-15/h1-2,4,6,11,15-17H,3,5,7-10,12-14,22H2. The van der Waals surface area contributed by atoms with Gasteiger partial charge in [-0.15, -0.1) is 0 Å². The average Bonchev–Trinajstić information content (AvgIpc) is 3.44. The van der Waals surface area contributed by atoms with Crippen LogP contribution in [0.3, 0.4) is 0 Å². The Bertz CT molecular complexity index is 636. The van der Waals surface area contributed by atoms with E-state index < -0.39 is 0 Å². The van der Waals surface area contributed by atoms with Gasteiger partial charge in [0.15, 0.2) is 5.78 Å². The molecule has 128 valence electrons. The number of Topliss-reactive ketones (excluding diaryl/α,β-unsaturated/α-hetero) is 1. The third-order valence-electron chi connectivity index (χ3n) is 5.91. The van der Waals surface area contributed by atoms with E-state index in [1.165, 1.54) is 31.5 Å². The largest absolute Gasteiger partial charge is 0.326 e. The van der Waals surface area contributed by atoms with Crippen molar-refractivity contribution in [3.05, 3.63) is 47.1 Å². The number of hydrogen-bond acceptors (Lipinski definition) is 3. The molecule has 0 bridgehead atoms. The summed E-state index contributed by atoms with van der Waals surface area (Å²) in [7, 11) is 0. The van der Waals surface area contributed by atoms with Crippen molar-refractivity contribution in [3.8, 4) is 0 Å². The van der Waals surface area contributed by atoms with Crippen LogP contribution in [0.15, 0.2) is 47.1 Å². The molecule has 2 unspecified atom stereocenters. The number of allylic oxidation sites excluding steroid dienone is 6. The first-order valence-corrected chi connectivity index (χ1v) is 9.49. The molecule has 0 spiro atoms. The predicted molar refractivity (Wildman–Crippen MR) is 97.4 cm³/mol. The molecule has 2 N–H and O–H groups in total. The minimum absolute atomic E-state index is 0.187. The number of rotatable bonds is 5. The van der Waals surface area contributed by atoms with Gasteiger partial charge in [0.2, 0.25) is 0 Å². The van der Waals surface area contributed by atoms with Crippen molar-refractivity contribution >= 4 is 5.78 Å². The van der Waals surface area contributed by atoms with E-state index in [1.807, 2.05) is 0 Å². The van der Waals surface area contributed by atoms with E-state index in [0.717, 1.165) is 42.9 Å². The second kappa shape index (κ2) is 6.81. The quantitative estimate of drug-likeness (QED) is 0.845. The fourth-order valence-corrected chi connectivity index (χ4v) is 4.41. The molecule has 24 heavy (non-hydrogen) atoms. The summed E-state index contributed by atoms with van der Waals surface area (Å²) >= 11 is 0. The van der Waals surface area contributed by atoms with Gasteiger partial charge in [0.1, 0.15) is 0 Å². The van der Waals surface area contributed by atoms with Gasteiger partial charge in [0.05, 0.1) is 0 Å². The molecule has 3 nitrogen and oxygen atoms in total. The zero-order valence-electron chi connectivity index (χ0n) is 14.4. The SMILES string of the molecule is NCC1=C2C=CC=CC2CC(C(=O)C2CCCN(CC3CC3)C2)=C1. The second-order valence-corrected chi connectivity index (χ2v) is 7.82. The Balaban J connectivity index is 1.49. The van der Waals surface area contributed by atoms with Crippen molar-refractivity contribution in [2.45, 2.75) is 32.1 Å². The van der Waals surface area contributed by atoms with Gasteiger partial charge >= 0.3 is 0 Å². The van der Waals surface area contributed by atoms with Crippen molar-refractivity contribution in [2.24, 2.45) is 23.5 Å². The zero-order valence-corrected chi connectivity index (χ0v) is 14.4. The van der Waals surface area contributed by atoms with Crippen molar-refractivity contribution in [3.63, 3.8) is 0 Å². The summed E-state index contributed by atoms with van der Waals surface area (Å²) in [6, 6.07) is 0. The highest BCUT2D eigenvalue weighted by molar-refractivity contribution is 5.98. The van der Waals surface area contributed by atoms with Crippen LogP contribution in [0, 0.1) is 17.8 Å². The summed E-state index contributed by atoms with van der Waals surface area (Å²) in [5.74, 6) is 1.81. The van der Waals surface area contributed by atoms with E-state index in [2.05, 4.69) is 35.3 Å². The molecule has 1 aliphatic heterocycles. The number of ketones is 1. The molecule has 0 aromatic rings. The molecule has 0 radical (unpaired) electrons. The minimum atomic E-state index is 0.187. The normalized spacial score (nSPS) is 30.3. The highest BCUT2D eigenvalue weighted by Gasteiger charge is 2.33.